The Bertz CT molecular complexity index is 979. The van der Waals surface area contributed by atoms with E-state index in [0.717, 1.165) is 39.6 Å². The summed E-state index contributed by atoms with van der Waals surface area (Å²) >= 11 is 0. The first-order valence-corrected chi connectivity index (χ1v) is 8.22. The molecule has 0 fully saturated rings. The minimum Gasteiger partial charge on any atom is -0.256 e. The van der Waals surface area contributed by atoms with Crippen molar-refractivity contribution in [2.24, 2.45) is 0 Å². The van der Waals surface area contributed by atoms with Crippen LogP contribution in [0.4, 0.5) is 0 Å². The third-order valence-electron chi connectivity index (χ3n) is 4.05. The zero-order chi connectivity index (χ0) is 17.1. The summed E-state index contributed by atoms with van der Waals surface area (Å²) in [6.07, 6.45) is 1.81. The molecule has 4 rings (SSSR count). The van der Waals surface area contributed by atoms with Crippen LogP contribution < -0.4 is 0 Å². The summed E-state index contributed by atoms with van der Waals surface area (Å²) in [7, 11) is 0. The smallest absolute Gasteiger partial charge is 0.126 e. The normalized spacial score (nSPS) is 10.6. The molecule has 0 atom stereocenters. The Morgan fingerprint density at radius 3 is 1.72 bits per heavy atom. The van der Waals surface area contributed by atoms with Crippen LogP contribution >= 0.6 is 0 Å². The molecule has 0 spiro atoms. The van der Waals surface area contributed by atoms with Gasteiger partial charge in [0.15, 0.2) is 0 Å². The molecule has 0 unspecified atom stereocenters. The van der Waals surface area contributed by atoms with Crippen LogP contribution in [-0.4, -0.2) is 15.0 Å². The Balaban J connectivity index is 1.71. The predicted molar refractivity (Wildman–Crippen MR) is 101 cm³/mol. The van der Waals surface area contributed by atoms with Gasteiger partial charge in [0, 0.05) is 22.9 Å². The topological polar surface area (TPSA) is 38.7 Å². The molecule has 0 amide bonds. The van der Waals surface area contributed by atoms with Gasteiger partial charge in [-0.05, 0) is 25.1 Å². The van der Waals surface area contributed by atoms with Gasteiger partial charge < -0.3 is 0 Å². The summed E-state index contributed by atoms with van der Waals surface area (Å²) in [5.74, 6) is 0.769. The first-order chi connectivity index (χ1) is 12.3. The quantitative estimate of drug-likeness (QED) is 0.521. The number of hydrogen-bond acceptors (Lipinski definition) is 3. The van der Waals surface area contributed by atoms with E-state index in [-0.39, 0.29) is 0 Å². The molecule has 4 aromatic rings. The van der Waals surface area contributed by atoms with Crippen LogP contribution in [0.5, 0.6) is 0 Å². The van der Waals surface area contributed by atoms with Crippen molar-refractivity contribution in [2.45, 2.75) is 6.92 Å². The number of pyridine rings is 1. The summed E-state index contributed by atoms with van der Waals surface area (Å²) in [4.78, 5) is 13.6. The lowest BCUT2D eigenvalue weighted by atomic mass is 10.0. The molecule has 2 aromatic heterocycles. The fourth-order valence-corrected chi connectivity index (χ4v) is 2.82. The van der Waals surface area contributed by atoms with Crippen LogP contribution in [0.25, 0.3) is 33.8 Å². The first kappa shape index (κ1) is 15.2. The van der Waals surface area contributed by atoms with E-state index in [9.17, 15) is 0 Å². The fraction of sp³-hybridized carbons (Fsp3) is 0.0455. The van der Waals surface area contributed by atoms with Gasteiger partial charge in [0.2, 0.25) is 0 Å². The molecule has 2 aromatic carbocycles. The Kier molecular flexibility index (Phi) is 4.05. The first-order valence-electron chi connectivity index (χ1n) is 8.22. The maximum absolute atomic E-state index is 4.61. The zero-order valence-electron chi connectivity index (χ0n) is 13.9. The SMILES string of the molecule is Cc1nc(-c2ccccc2)cc(-c2ccc(-c3ccccn3)cc2)n1. The van der Waals surface area contributed by atoms with Crippen LogP contribution in [0, 0.1) is 6.92 Å². The second-order valence-electron chi connectivity index (χ2n) is 5.84. The van der Waals surface area contributed by atoms with Crippen molar-refractivity contribution in [3.63, 3.8) is 0 Å². The lowest BCUT2D eigenvalue weighted by Crippen LogP contribution is -1.94. The molecular weight excluding hydrogens is 306 g/mol. The molecule has 0 radical (unpaired) electrons. The van der Waals surface area contributed by atoms with Gasteiger partial charge in [-0.25, -0.2) is 9.97 Å². The van der Waals surface area contributed by atoms with Crippen LogP contribution in [-0.2, 0) is 0 Å². The second-order valence-corrected chi connectivity index (χ2v) is 5.84. The van der Waals surface area contributed by atoms with Crippen molar-refractivity contribution < 1.29 is 0 Å². The van der Waals surface area contributed by atoms with Crippen LogP contribution in [0.15, 0.2) is 85.1 Å². The third kappa shape index (κ3) is 3.31. The largest absolute Gasteiger partial charge is 0.256 e. The number of aromatic nitrogens is 3. The van der Waals surface area contributed by atoms with Gasteiger partial charge >= 0.3 is 0 Å². The van der Waals surface area contributed by atoms with E-state index in [0.29, 0.717) is 0 Å². The lowest BCUT2D eigenvalue weighted by molar-refractivity contribution is 1.06. The Morgan fingerprint density at radius 2 is 1.12 bits per heavy atom. The van der Waals surface area contributed by atoms with Crippen LogP contribution in [0.1, 0.15) is 5.82 Å². The Labute approximate surface area is 147 Å². The standard InChI is InChI=1S/C22H17N3/c1-16-24-21(17-7-3-2-4-8-17)15-22(25-16)19-12-10-18(11-13-19)20-9-5-6-14-23-20/h2-15H,1H3. The minimum absolute atomic E-state index is 0.769. The average molecular weight is 323 g/mol. The van der Waals surface area contributed by atoms with Crippen molar-refractivity contribution >= 4 is 0 Å². The highest BCUT2D eigenvalue weighted by Gasteiger charge is 2.07. The van der Waals surface area contributed by atoms with Gasteiger partial charge in [0.25, 0.3) is 0 Å². The summed E-state index contributed by atoms with van der Waals surface area (Å²) in [5.41, 5.74) is 6.11. The van der Waals surface area contributed by atoms with Crippen molar-refractivity contribution in [2.75, 3.05) is 0 Å². The maximum Gasteiger partial charge on any atom is 0.126 e. The summed E-state index contributed by atoms with van der Waals surface area (Å²) in [6.45, 7) is 1.93. The number of nitrogens with zero attached hydrogens (tertiary/aromatic N) is 3. The van der Waals surface area contributed by atoms with Gasteiger partial charge in [0.1, 0.15) is 5.82 Å². The van der Waals surface area contributed by atoms with Gasteiger partial charge in [-0.2, -0.15) is 0 Å². The van der Waals surface area contributed by atoms with Crippen LogP contribution in [0.3, 0.4) is 0 Å². The van der Waals surface area contributed by atoms with E-state index >= 15 is 0 Å². The molecule has 120 valence electrons. The monoisotopic (exact) mass is 323 g/mol. The molecule has 0 saturated carbocycles. The van der Waals surface area contributed by atoms with E-state index < -0.39 is 0 Å². The summed E-state index contributed by atoms with van der Waals surface area (Å²) in [5, 5.41) is 0. The van der Waals surface area contributed by atoms with E-state index in [1.807, 2.05) is 55.6 Å². The molecule has 0 aliphatic heterocycles. The fourth-order valence-electron chi connectivity index (χ4n) is 2.82. The predicted octanol–water partition coefficient (Wildman–Crippen LogP) is 5.18. The Hall–Kier alpha value is -3.33. The van der Waals surface area contributed by atoms with Gasteiger partial charge in [-0.3, -0.25) is 4.98 Å². The molecule has 3 nitrogen and oxygen atoms in total. The molecule has 0 N–H and O–H groups in total. The minimum atomic E-state index is 0.769. The van der Waals surface area contributed by atoms with Gasteiger partial charge in [0.05, 0.1) is 17.1 Å². The maximum atomic E-state index is 4.61. The number of aryl methyl sites for hydroxylation is 1. The zero-order valence-corrected chi connectivity index (χ0v) is 13.9. The Morgan fingerprint density at radius 1 is 0.560 bits per heavy atom. The van der Waals surface area contributed by atoms with Crippen molar-refractivity contribution in [1.29, 1.82) is 0 Å². The van der Waals surface area contributed by atoms with Crippen LogP contribution in [0.2, 0.25) is 0 Å². The number of hydrogen-bond donors (Lipinski definition) is 0. The molecule has 0 saturated heterocycles. The summed E-state index contributed by atoms with van der Waals surface area (Å²) < 4.78 is 0. The van der Waals surface area contributed by atoms with Crippen molar-refractivity contribution in [1.82, 2.24) is 15.0 Å². The molecular formula is C22H17N3. The lowest BCUT2D eigenvalue weighted by Gasteiger charge is -2.07. The average Bonchev–Trinajstić information content (AvgIpc) is 2.69. The molecule has 0 bridgehead atoms. The second kappa shape index (κ2) is 6.65. The highest BCUT2D eigenvalue weighted by molar-refractivity contribution is 5.70. The van der Waals surface area contributed by atoms with E-state index in [2.05, 4.69) is 51.4 Å². The molecule has 0 aliphatic rings. The highest BCUT2D eigenvalue weighted by atomic mass is 14.9. The van der Waals surface area contributed by atoms with E-state index in [4.69, 9.17) is 0 Å². The van der Waals surface area contributed by atoms with Gasteiger partial charge in [-0.1, -0.05) is 60.7 Å². The van der Waals surface area contributed by atoms with E-state index in [1.54, 1.807) is 0 Å². The van der Waals surface area contributed by atoms with Crippen molar-refractivity contribution in [3.8, 4) is 33.8 Å². The number of rotatable bonds is 3. The molecule has 25 heavy (non-hydrogen) atoms. The summed E-state index contributed by atoms with van der Waals surface area (Å²) in [6, 6.07) is 26.5. The van der Waals surface area contributed by atoms with Gasteiger partial charge in [-0.15, -0.1) is 0 Å². The molecule has 2 heterocycles. The van der Waals surface area contributed by atoms with Crippen molar-refractivity contribution in [3.05, 3.63) is 90.9 Å². The number of benzene rings is 2. The molecule has 0 aliphatic carbocycles. The molecule has 3 heteroatoms. The third-order valence-corrected chi connectivity index (χ3v) is 4.05. The highest BCUT2D eigenvalue weighted by Crippen LogP contribution is 2.26. The van der Waals surface area contributed by atoms with E-state index in [1.165, 1.54) is 0 Å².